The Bertz CT molecular complexity index is 984. The summed E-state index contributed by atoms with van der Waals surface area (Å²) in [5, 5.41) is 6.18. The van der Waals surface area contributed by atoms with Crippen LogP contribution in [0.15, 0.2) is 59.3 Å². The van der Waals surface area contributed by atoms with Crippen LogP contribution < -0.4 is 0 Å². The van der Waals surface area contributed by atoms with Crippen molar-refractivity contribution in [2.45, 2.75) is 13.8 Å². The van der Waals surface area contributed by atoms with Gasteiger partial charge in [0, 0.05) is 21.9 Å². The Morgan fingerprint density at radius 1 is 0.667 bits per heavy atom. The first-order valence-corrected chi connectivity index (χ1v) is 9.51. The minimum atomic E-state index is 0.980. The van der Waals surface area contributed by atoms with Gasteiger partial charge in [-0.2, -0.15) is 0 Å². The number of aromatic nitrogens is 2. The fourth-order valence-electron chi connectivity index (χ4n) is 2.52. The third kappa shape index (κ3) is 2.90. The highest BCUT2D eigenvalue weighted by molar-refractivity contribution is 7.20. The maximum Gasteiger partial charge on any atom is 0.152 e. The molecule has 0 amide bonds. The van der Waals surface area contributed by atoms with Crippen molar-refractivity contribution in [2.75, 3.05) is 0 Å². The molecule has 0 aliphatic rings. The minimum absolute atomic E-state index is 0.980. The third-order valence-electron chi connectivity index (χ3n) is 4.06. The van der Waals surface area contributed by atoms with Crippen molar-refractivity contribution < 1.29 is 0 Å². The lowest BCUT2D eigenvalue weighted by Gasteiger charge is -2.02. The number of thiazole rings is 2. The third-order valence-corrected chi connectivity index (χ3v) is 5.89. The van der Waals surface area contributed by atoms with E-state index in [2.05, 4.69) is 54.9 Å². The second-order valence-electron chi connectivity index (χ2n) is 5.74. The molecular weight excluding hydrogens is 332 g/mol. The van der Waals surface area contributed by atoms with Crippen molar-refractivity contribution in [1.29, 1.82) is 0 Å². The van der Waals surface area contributed by atoms with Gasteiger partial charge in [0.1, 0.15) is 0 Å². The van der Waals surface area contributed by atoms with Crippen molar-refractivity contribution in [3.8, 4) is 32.5 Å². The van der Waals surface area contributed by atoms with Gasteiger partial charge in [0.2, 0.25) is 0 Å². The van der Waals surface area contributed by atoms with E-state index >= 15 is 0 Å². The van der Waals surface area contributed by atoms with Crippen molar-refractivity contribution in [3.63, 3.8) is 0 Å². The molecule has 0 atom stereocenters. The fraction of sp³-hybridized carbons (Fsp3) is 0.100. The quantitative estimate of drug-likeness (QED) is 0.439. The van der Waals surface area contributed by atoms with Crippen LogP contribution in [0.4, 0.5) is 0 Å². The summed E-state index contributed by atoms with van der Waals surface area (Å²) in [6.07, 6.45) is 0. The predicted octanol–water partition coefficient (Wildman–Crippen LogP) is 6.22. The Labute approximate surface area is 149 Å². The zero-order chi connectivity index (χ0) is 16.5. The second kappa shape index (κ2) is 6.30. The van der Waals surface area contributed by atoms with Gasteiger partial charge in [0.25, 0.3) is 0 Å². The van der Waals surface area contributed by atoms with Gasteiger partial charge in [-0.3, -0.25) is 0 Å². The molecule has 2 nitrogen and oxygen atoms in total. The summed E-state index contributed by atoms with van der Waals surface area (Å²) in [4.78, 5) is 9.55. The molecule has 0 saturated heterocycles. The van der Waals surface area contributed by atoms with Gasteiger partial charge in [-0.15, -0.1) is 22.7 Å². The Morgan fingerprint density at radius 2 is 1.29 bits per heavy atom. The van der Waals surface area contributed by atoms with Crippen LogP contribution in [0, 0.1) is 13.8 Å². The fourth-order valence-corrected chi connectivity index (χ4v) is 4.23. The van der Waals surface area contributed by atoms with Gasteiger partial charge in [-0.05, 0) is 31.0 Å². The molecular formula is C20H16N2S2. The minimum Gasteiger partial charge on any atom is -0.233 e. The number of benzene rings is 2. The molecule has 0 aliphatic carbocycles. The highest BCUT2D eigenvalue weighted by atomic mass is 32.1. The first kappa shape index (κ1) is 15.2. The molecule has 24 heavy (non-hydrogen) atoms. The van der Waals surface area contributed by atoms with Crippen LogP contribution in [0.5, 0.6) is 0 Å². The van der Waals surface area contributed by atoms with Gasteiger partial charge in [0.05, 0.1) is 11.4 Å². The summed E-state index contributed by atoms with van der Waals surface area (Å²) in [6.45, 7) is 4.27. The second-order valence-corrected chi connectivity index (χ2v) is 7.46. The molecule has 0 aliphatic heterocycles. The molecule has 2 aromatic heterocycles. The summed E-state index contributed by atoms with van der Waals surface area (Å²) >= 11 is 3.30. The van der Waals surface area contributed by atoms with Crippen molar-refractivity contribution in [3.05, 3.63) is 70.4 Å². The smallest absolute Gasteiger partial charge is 0.152 e. The van der Waals surface area contributed by atoms with E-state index in [1.54, 1.807) is 22.7 Å². The molecule has 4 aromatic rings. The number of rotatable bonds is 3. The van der Waals surface area contributed by atoms with Gasteiger partial charge < -0.3 is 0 Å². The molecule has 0 fully saturated rings. The van der Waals surface area contributed by atoms with E-state index in [4.69, 9.17) is 9.97 Å². The van der Waals surface area contributed by atoms with E-state index in [0.717, 1.165) is 27.0 Å². The zero-order valence-electron chi connectivity index (χ0n) is 13.5. The first-order valence-electron chi connectivity index (χ1n) is 7.75. The highest BCUT2D eigenvalue weighted by Gasteiger charge is 2.12. The van der Waals surface area contributed by atoms with Gasteiger partial charge in [-0.1, -0.05) is 42.5 Å². The average Bonchev–Trinajstić information content (AvgIpc) is 3.27. The van der Waals surface area contributed by atoms with Crippen molar-refractivity contribution in [1.82, 2.24) is 9.97 Å². The SMILES string of the molecule is Cc1ccc(-c2csc(-c3nc(-c4ccccc4)cs3)n2)cc1C. The molecule has 0 saturated carbocycles. The van der Waals surface area contributed by atoms with Gasteiger partial charge in [0.15, 0.2) is 10.0 Å². The largest absolute Gasteiger partial charge is 0.233 e. The topological polar surface area (TPSA) is 25.8 Å². The molecule has 2 aromatic carbocycles. The van der Waals surface area contributed by atoms with E-state index in [0.29, 0.717) is 0 Å². The molecule has 0 bridgehead atoms. The van der Waals surface area contributed by atoms with Crippen LogP contribution in [0.1, 0.15) is 11.1 Å². The summed E-state index contributed by atoms with van der Waals surface area (Å²) in [5.41, 5.74) is 6.95. The standard InChI is InChI=1S/C20H16N2S2/c1-13-8-9-16(10-14(13)2)18-12-24-20(22-18)19-21-17(11-23-19)15-6-4-3-5-7-15/h3-12H,1-2H3. The molecule has 118 valence electrons. The van der Waals surface area contributed by atoms with Crippen LogP contribution in [0.2, 0.25) is 0 Å². The molecule has 0 spiro atoms. The summed E-state index contributed by atoms with van der Waals surface area (Å²) in [7, 11) is 0. The summed E-state index contributed by atoms with van der Waals surface area (Å²) in [6, 6.07) is 16.8. The molecule has 0 unspecified atom stereocenters. The molecule has 4 rings (SSSR count). The molecule has 2 heterocycles. The lowest BCUT2D eigenvalue weighted by Crippen LogP contribution is -1.84. The molecule has 0 radical (unpaired) electrons. The van der Waals surface area contributed by atoms with Crippen molar-refractivity contribution >= 4 is 22.7 Å². The molecule has 4 heteroatoms. The van der Waals surface area contributed by atoms with Crippen LogP contribution in [0.3, 0.4) is 0 Å². The summed E-state index contributed by atoms with van der Waals surface area (Å²) < 4.78 is 0. The molecule has 0 N–H and O–H groups in total. The monoisotopic (exact) mass is 348 g/mol. The van der Waals surface area contributed by atoms with Crippen molar-refractivity contribution in [2.24, 2.45) is 0 Å². The Balaban J connectivity index is 1.66. The van der Waals surface area contributed by atoms with Crippen LogP contribution >= 0.6 is 22.7 Å². The normalized spacial score (nSPS) is 10.9. The Morgan fingerprint density at radius 3 is 1.92 bits per heavy atom. The Kier molecular flexibility index (Phi) is 4.00. The van der Waals surface area contributed by atoms with E-state index in [1.165, 1.54) is 16.7 Å². The number of hydrogen-bond acceptors (Lipinski definition) is 4. The highest BCUT2D eigenvalue weighted by Crippen LogP contribution is 2.33. The first-order chi connectivity index (χ1) is 11.7. The predicted molar refractivity (Wildman–Crippen MR) is 104 cm³/mol. The van der Waals surface area contributed by atoms with Gasteiger partial charge in [-0.25, -0.2) is 9.97 Å². The van der Waals surface area contributed by atoms with E-state index in [9.17, 15) is 0 Å². The number of aryl methyl sites for hydroxylation is 2. The lowest BCUT2D eigenvalue weighted by molar-refractivity contribution is 1.32. The van der Waals surface area contributed by atoms with E-state index in [1.807, 2.05) is 18.2 Å². The maximum atomic E-state index is 4.79. The maximum absolute atomic E-state index is 4.79. The van der Waals surface area contributed by atoms with E-state index < -0.39 is 0 Å². The van der Waals surface area contributed by atoms with Gasteiger partial charge >= 0.3 is 0 Å². The Hall–Kier alpha value is -2.30. The number of nitrogens with zero attached hydrogens (tertiary/aromatic N) is 2. The van der Waals surface area contributed by atoms with Crippen LogP contribution in [0.25, 0.3) is 32.5 Å². The van der Waals surface area contributed by atoms with E-state index in [-0.39, 0.29) is 0 Å². The number of hydrogen-bond donors (Lipinski definition) is 0. The lowest BCUT2D eigenvalue weighted by atomic mass is 10.1. The van der Waals surface area contributed by atoms with Crippen LogP contribution in [-0.2, 0) is 0 Å². The average molecular weight is 348 g/mol. The summed E-state index contributed by atoms with van der Waals surface area (Å²) in [5.74, 6) is 0. The zero-order valence-corrected chi connectivity index (χ0v) is 15.1. The van der Waals surface area contributed by atoms with Crippen LogP contribution in [-0.4, -0.2) is 9.97 Å².